The van der Waals surface area contributed by atoms with E-state index in [1.165, 1.54) is 6.07 Å². The van der Waals surface area contributed by atoms with Crippen molar-refractivity contribution in [3.8, 4) is 0 Å². The second-order valence-electron chi connectivity index (χ2n) is 8.79. The van der Waals surface area contributed by atoms with E-state index >= 15 is 0 Å². The number of anilines is 1. The molecule has 2 aromatic carbocycles. The summed E-state index contributed by atoms with van der Waals surface area (Å²) in [5, 5.41) is 17.6. The number of fused-ring (bicyclic) bond motifs is 1. The highest BCUT2D eigenvalue weighted by Crippen LogP contribution is 2.42. The number of alkyl halides is 3. The van der Waals surface area contributed by atoms with Crippen molar-refractivity contribution in [2.75, 3.05) is 10.9 Å². The van der Waals surface area contributed by atoms with E-state index < -0.39 is 51.1 Å². The standard InChI is InChI=1S/C24H23F4N3O6S/c1-3-36-22(32)21-30-29-20(37-21)13-17-8-4-14-12-15(23(2,33)24(26,27)28)5-11-19(14)31(17)38(34,35)18-9-6-16(25)7-10-18/h5-7,9-12,17,33H,3-4,8,13H2,1-2H3/t17-,23?/m0/s1. The van der Waals surface area contributed by atoms with Crippen molar-refractivity contribution in [1.29, 1.82) is 0 Å². The molecule has 0 bridgehead atoms. The third kappa shape index (κ3) is 5.10. The first-order valence-electron chi connectivity index (χ1n) is 11.5. The first kappa shape index (κ1) is 27.5. The van der Waals surface area contributed by atoms with Crippen LogP contribution in [0.3, 0.4) is 0 Å². The molecule has 0 radical (unpaired) electrons. The van der Waals surface area contributed by atoms with E-state index in [1.54, 1.807) is 6.92 Å². The van der Waals surface area contributed by atoms with E-state index in [2.05, 4.69) is 10.2 Å². The van der Waals surface area contributed by atoms with Crippen LogP contribution in [0, 0.1) is 5.82 Å². The number of aromatic nitrogens is 2. The first-order valence-corrected chi connectivity index (χ1v) is 12.9. The number of esters is 1. The Bertz CT molecular complexity index is 1440. The second-order valence-corrected chi connectivity index (χ2v) is 10.6. The number of ether oxygens (including phenoxy) is 1. The van der Waals surface area contributed by atoms with Crippen LogP contribution in [-0.2, 0) is 33.2 Å². The van der Waals surface area contributed by atoms with Crippen LogP contribution < -0.4 is 4.31 Å². The molecule has 1 aliphatic rings. The minimum absolute atomic E-state index is 0.0579. The minimum Gasteiger partial charge on any atom is -0.459 e. The van der Waals surface area contributed by atoms with Gasteiger partial charge in [0, 0.05) is 6.42 Å². The summed E-state index contributed by atoms with van der Waals surface area (Å²) in [6.07, 6.45) is -4.81. The van der Waals surface area contributed by atoms with Gasteiger partial charge in [0.1, 0.15) is 5.82 Å². The summed E-state index contributed by atoms with van der Waals surface area (Å²) in [4.78, 5) is 11.6. The summed E-state index contributed by atoms with van der Waals surface area (Å²) in [6, 6.07) is 6.57. The van der Waals surface area contributed by atoms with E-state index in [-0.39, 0.29) is 47.9 Å². The van der Waals surface area contributed by atoms with Gasteiger partial charge >= 0.3 is 18.0 Å². The number of benzene rings is 2. The third-order valence-corrected chi connectivity index (χ3v) is 8.09. The lowest BCUT2D eigenvalue weighted by Gasteiger charge is -2.38. The number of hydrogen-bond donors (Lipinski definition) is 1. The van der Waals surface area contributed by atoms with Gasteiger partial charge in [-0.2, -0.15) is 13.2 Å². The molecule has 2 heterocycles. The molecular weight excluding hydrogens is 534 g/mol. The van der Waals surface area contributed by atoms with Crippen molar-refractivity contribution in [3.63, 3.8) is 0 Å². The fourth-order valence-corrected chi connectivity index (χ4v) is 5.86. The SMILES string of the molecule is CCOC(=O)c1nnc(C[C@@H]2CCc3cc(C(C)(O)C(F)(F)F)ccc3N2S(=O)(=O)c2ccc(F)cc2)o1. The van der Waals surface area contributed by atoms with Gasteiger partial charge in [-0.05, 0) is 68.1 Å². The fourth-order valence-electron chi connectivity index (χ4n) is 4.15. The van der Waals surface area contributed by atoms with Crippen molar-refractivity contribution >= 4 is 21.7 Å². The van der Waals surface area contributed by atoms with Crippen LogP contribution in [0.1, 0.15) is 48.0 Å². The van der Waals surface area contributed by atoms with Crippen LogP contribution in [0.5, 0.6) is 0 Å². The molecule has 1 aromatic heterocycles. The van der Waals surface area contributed by atoms with Crippen molar-refractivity contribution in [3.05, 3.63) is 71.2 Å². The first-order chi connectivity index (χ1) is 17.8. The zero-order chi connectivity index (χ0) is 27.9. The van der Waals surface area contributed by atoms with Gasteiger partial charge in [0.25, 0.3) is 10.0 Å². The number of carbonyl (C=O) groups is 1. The topological polar surface area (TPSA) is 123 Å². The number of aryl methyl sites for hydroxylation is 1. The van der Waals surface area contributed by atoms with E-state index in [1.807, 2.05) is 0 Å². The molecule has 14 heteroatoms. The van der Waals surface area contributed by atoms with E-state index in [4.69, 9.17) is 9.15 Å². The molecule has 0 amide bonds. The number of carbonyl (C=O) groups excluding carboxylic acids is 1. The van der Waals surface area contributed by atoms with Crippen molar-refractivity contribution in [1.82, 2.24) is 10.2 Å². The highest BCUT2D eigenvalue weighted by Gasteiger charge is 2.51. The Morgan fingerprint density at radius 3 is 2.50 bits per heavy atom. The number of halogens is 4. The van der Waals surface area contributed by atoms with Gasteiger partial charge in [-0.1, -0.05) is 12.1 Å². The Morgan fingerprint density at radius 1 is 1.18 bits per heavy atom. The molecule has 0 aliphatic carbocycles. The number of nitrogens with zero attached hydrogens (tertiary/aromatic N) is 3. The quantitative estimate of drug-likeness (QED) is 0.343. The maximum absolute atomic E-state index is 13.7. The average molecular weight is 558 g/mol. The Labute approximate surface area is 215 Å². The van der Waals surface area contributed by atoms with Crippen LogP contribution in [0.2, 0.25) is 0 Å². The van der Waals surface area contributed by atoms with Crippen molar-refractivity contribution in [2.45, 2.75) is 55.8 Å². The van der Waals surface area contributed by atoms with Gasteiger partial charge in [0.05, 0.1) is 23.2 Å². The van der Waals surface area contributed by atoms with Crippen LogP contribution in [0.25, 0.3) is 0 Å². The predicted molar refractivity (Wildman–Crippen MR) is 124 cm³/mol. The Balaban J connectivity index is 1.77. The molecule has 4 rings (SSSR count). The molecule has 1 unspecified atom stereocenters. The van der Waals surface area contributed by atoms with Crippen molar-refractivity contribution < 1.29 is 45.0 Å². The number of rotatable bonds is 7. The molecule has 0 fully saturated rings. The fraction of sp³-hybridized carbons (Fsp3) is 0.375. The maximum atomic E-state index is 13.7. The highest BCUT2D eigenvalue weighted by atomic mass is 32.2. The molecule has 0 saturated carbocycles. The maximum Gasteiger partial charge on any atom is 0.421 e. The average Bonchev–Trinajstić information content (AvgIpc) is 3.32. The molecular formula is C24H23F4N3O6S. The zero-order valence-corrected chi connectivity index (χ0v) is 21.0. The number of hydrogen-bond acceptors (Lipinski definition) is 8. The number of aliphatic hydroxyl groups is 1. The lowest BCUT2D eigenvalue weighted by Crippen LogP contribution is -2.45. The second kappa shape index (κ2) is 9.98. The summed E-state index contributed by atoms with van der Waals surface area (Å²) in [6.45, 7) is 2.28. The van der Waals surface area contributed by atoms with Crippen LogP contribution >= 0.6 is 0 Å². The third-order valence-electron chi connectivity index (χ3n) is 6.21. The van der Waals surface area contributed by atoms with Crippen LogP contribution in [-0.4, -0.2) is 48.5 Å². The molecule has 38 heavy (non-hydrogen) atoms. The zero-order valence-electron chi connectivity index (χ0n) is 20.2. The summed E-state index contributed by atoms with van der Waals surface area (Å²) >= 11 is 0. The lowest BCUT2D eigenvalue weighted by atomic mass is 9.89. The van der Waals surface area contributed by atoms with Gasteiger partial charge in [-0.3, -0.25) is 4.31 Å². The summed E-state index contributed by atoms with van der Waals surface area (Å²) < 4.78 is 92.5. The van der Waals surface area contributed by atoms with Crippen LogP contribution in [0.4, 0.5) is 23.2 Å². The smallest absolute Gasteiger partial charge is 0.421 e. The van der Waals surface area contributed by atoms with Crippen molar-refractivity contribution in [2.24, 2.45) is 0 Å². The van der Waals surface area contributed by atoms with Gasteiger partial charge in [-0.15, -0.1) is 10.2 Å². The molecule has 0 spiro atoms. The van der Waals surface area contributed by atoms with Crippen LogP contribution in [0.15, 0.2) is 51.8 Å². The predicted octanol–water partition coefficient (Wildman–Crippen LogP) is 3.91. The van der Waals surface area contributed by atoms with E-state index in [0.717, 1.165) is 40.7 Å². The largest absolute Gasteiger partial charge is 0.459 e. The van der Waals surface area contributed by atoms with E-state index in [9.17, 15) is 35.9 Å². The number of sulfonamides is 1. The molecule has 0 saturated heterocycles. The molecule has 2 atom stereocenters. The van der Waals surface area contributed by atoms with Gasteiger partial charge in [0.15, 0.2) is 5.60 Å². The monoisotopic (exact) mass is 557 g/mol. The Morgan fingerprint density at radius 2 is 1.87 bits per heavy atom. The molecule has 1 N–H and O–H groups in total. The van der Waals surface area contributed by atoms with Gasteiger partial charge < -0.3 is 14.3 Å². The molecule has 9 nitrogen and oxygen atoms in total. The highest BCUT2D eigenvalue weighted by molar-refractivity contribution is 7.92. The molecule has 1 aliphatic heterocycles. The summed E-state index contributed by atoms with van der Waals surface area (Å²) in [5.74, 6) is -1.97. The molecule has 3 aromatic rings. The Hall–Kier alpha value is -3.52. The molecule has 204 valence electrons. The van der Waals surface area contributed by atoms with Gasteiger partial charge in [0.2, 0.25) is 5.89 Å². The summed E-state index contributed by atoms with van der Waals surface area (Å²) in [7, 11) is -4.36. The minimum atomic E-state index is -4.97. The normalized spacial score (nSPS) is 17.6. The Kier molecular flexibility index (Phi) is 7.23. The van der Waals surface area contributed by atoms with E-state index in [0.29, 0.717) is 6.92 Å². The summed E-state index contributed by atoms with van der Waals surface area (Å²) in [5.41, 5.74) is -3.27. The van der Waals surface area contributed by atoms with Gasteiger partial charge in [-0.25, -0.2) is 17.6 Å². The lowest BCUT2D eigenvalue weighted by molar-refractivity contribution is -0.258.